The summed E-state index contributed by atoms with van der Waals surface area (Å²) < 4.78 is 24.5. The Morgan fingerprint density at radius 3 is 2.40 bits per heavy atom. The van der Waals surface area contributed by atoms with Gasteiger partial charge < -0.3 is 9.47 Å². The van der Waals surface area contributed by atoms with Crippen molar-refractivity contribution in [1.82, 2.24) is 0 Å². The van der Waals surface area contributed by atoms with Crippen LogP contribution in [0.1, 0.15) is 5.56 Å². The molecule has 2 aromatic rings. The van der Waals surface area contributed by atoms with Gasteiger partial charge in [0.2, 0.25) is 0 Å². The lowest BCUT2D eigenvalue weighted by atomic mass is 10.0. The van der Waals surface area contributed by atoms with Crippen LogP contribution in [-0.4, -0.2) is 14.2 Å². The molecule has 0 aliphatic rings. The summed E-state index contributed by atoms with van der Waals surface area (Å²) in [6.07, 6.45) is 0.198. The van der Waals surface area contributed by atoms with Crippen molar-refractivity contribution in [3.63, 3.8) is 0 Å². The number of nitrogens with zero attached hydrogens (tertiary/aromatic N) is 1. The van der Waals surface area contributed by atoms with Crippen molar-refractivity contribution in [2.24, 2.45) is 0 Å². The summed E-state index contributed by atoms with van der Waals surface area (Å²) in [5.74, 6) is 0.785. The van der Waals surface area contributed by atoms with Gasteiger partial charge in [0, 0.05) is 5.56 Å². The molecule has 2 aromatic carbocycles. The van der Waals surface area contributed by atoms with Gasteiger partial charge in [-0.2, -0.15) is 5.26 Å². The summed E-state index contributed by atoms with van der Waals surface area (Å²) in [5, 5.41) is 8.62. The first-order valence-corrected chi connectivity index (χ1v) is 6.07. The van der Waals surface area contributed by atoms with Crippen LogP contribution in [0.2, 0.25) is 0 Å². The van der Waals surface area contributed by atoms with Crippen LogP contribution in [0, 0.1) is 17.1 Å². The molecule has 102 valence electrons. The molecule has 0 atom stereocenters. The predicted octanol–water partition coefficient (Wildman–Crippen LogP) is 3.58. The Labute approximate surface area is 117 Å². The van der Waals surface area contributed by atoms with Crippen LogP contribution in [0.4, 0.5) is 4.39 Å². The highest BCUT2D eigenvalue weighted by Crippen LogP contribution is 2.33. The van der Waals surface area contributed by atoms with Gasteiger partial charge in [-0.1, -0.05) is 18.2 Å². The minimum atomic E-state index is -0.357. The number of hydrogen-bond acceptors (Lipinski definition) is 3. The molecule has 0 heterocycles. The lowest BCUT2D eigenvalue weighted by molar-refractivity contribution is 0.355. The van der Waals surface area contributed by atoms with Crippen LogP contribution in [0.5, 0.6) is 11.5 Å². The van der Waals surface area contributed by atoms with E-state index in [1.165, 1.54) is 13.2 Å². The van der Waals surface area contributed by atoms with Gasteiger partial charge in [0.15, 0.2) is 11.5 Å². The fraction of sp³-hybridized carbons (Fsp3) is 0.188. The number of hydrogen-bond donors (Lipinski definition) is 0. The van der Waals surface area contributed by atoms with E-state index in [1.54, 1.807) is 37.4 Å². The molecule has 2 rings (SSSR count). The molecule has 0 aromatic heterocycles. The third kappa shape index (κ3) is 2.72. The Morgan fingerprint density at radius 1 is 1.05 bits per heavy atom. The standard InChI is InChI=1S/C16H14FNO2/c1-19-15-6-4-12(10-16(15)20-2)13-5-3-11(7-8-18)9-14(13)17/h3-6,9-10H,7H2,1-2H3. The molecule has 0 aliphatic heterocycles. The maximum Gasteiger partial charge on any atom is 0.161 e. The van der Waals surface area contributed by atoms with E-state index in [0.717, 1.165) is 0 Å². The fourth-order valence-electron chi connectivity index (χ4n) is 2.00. The van der Waals surface area contributed by atoms with E-state index in [1.807, 2.05) is 6.07 Å². The normalized spacial score (nSPS) is 9.90. The van der Waals surface area contributed by atoms with Gasteiger partial charge in [-0.05, 0) is 29.3 Å². The van der Waals surface area contributed by atoms with E-state index in [0.29, 0.717) is 28.2 Å². The van der Waals surface area contributed by atoms with Crippen molar-refractivity contribution in [3.8, 4) is 28.7 Å². The first kappa shape index (κ1) is 13.9. The molecule has 3 nitrogen and oxygen atoms in total. The van der Waals surface area contributed by atoms with E-state index < -0.39 is 0 Å². The Kier molecular flexibility index (Phi) is 4.21. The van der Waals surface area contributed by atoms with Gasteiger partial charge in [-0.3, -0.25) is 0 Å². The smallest absolute Gasteiger partial charge is 0.161 e. The Balaban J connectivity index is 2.44. The third-order valence-corrected chi connectivity index (χ3v) is 3.01. The van der Waals surface area contributed by atoms with Crippen LogP contribution < -0.4 is 9.47 Å². The zero-order chi connectivity index (χ0) is 14.5. The van der Waals surface area contributed by atoms with E-state index in [9.17, 15) is 4.39 Å². The molecule has 20 heavy (non-hydrogen) atoms. The van der Waals surface area contributed by atoms with Gasteiger partial charge in [-0.15, -0.1) is 0 Å². The average molecular weight is 271 g/mol. The maximum atomic E-state index is 14.1. The number of ether oxygens (including phenoxy) is 2. The number of nitriles is 1. The van der Waals surface area contributed by atoms with Gasteiger partial charge in [0.25, 0.3) is 0 Å². The molecular weight excluding hydrogens is 257 g/mol. The van der Waals surface area contributed by atoms with Crippen LogP contribution >= 0.6 is 0 Å². The summed E-state index contributed by atoms with van der Waals surface area (Å²) in [4.78, 5) is 0. The number of benzene rings is 2. The summed E-state index contributed by atoms with van der Waals surface area (Å²) >= 11 is 0. The number of rotatable bonds is 4. The van der Waals surface area contributed by atoms with E-state index in [-0.39, 0.29) is 12.2 Å². The van der Waals surface area contributed by atoms with Crippen molar-refractivity contribution in [2.45, 2.75) is 6.42 Å². The molecule has 0 radical (unpaired) electrons. The zero-order valence-electron chi connectivity index (χ0n) is 11.3. The number of methoxy groups -OCH3 is 2. The molecule has 0 amide bonds. The highest BCUT2D eigenvalue weighted by molar-refractivity contribution is 5.68. The molecule has 0 saturated carbocycles. The topological polar surface area (TPSA) is 42.2 Å². The van der Waals surface area contributed by atoms with Gasteiger partial charge in [-0.25, -0.2) is 4.39 Å². The summed E-state index contributed by atoms with van der Waals surface area (Å²) in [5.41, 5.74) is 1.82. The maximum absolute atomic E-state index is 14.1. The van der Waals surface area contributed by atoms with Crippen LogP contribution in [-0.2, 0) is 6.42 Å². The van der Waals surface area contributed by atoms with Gasteiger partial charge >= 0.3 is 0 Å². The molecule has 0 bridgehead atoms. The minimum absolute atomic E-state index is 0.198. The van der Waals surface area contributed by atoms with Crippen LogP contribution in [0.3, 0.4) is 0 Å². The quantitative estimate of drug-likeness (QED) is 0.853. The first-order valence-electron chi connectivity index (χ1n) is 6.07. The van der Waals surface area contributed by atoms with Crippen molar-refractivity contribution >= 4 is 0 Å². The molecule has 0 saturated heterocycles. The molecule has 0 unspecified atom stereocenters. The first-order chi connectivity index (χ1) is 9.69. The van der Waals surface area contributed by atoms with Crippen LogP contribution in [0.25, 0.3) is 11.1 Å². The van der Waals surface area contributed by atoms with Gasteiger partial charge in [0.05, 0.1) is 26.7 Å². The Morgan fingerprint density at radius 2 is 1.80 bits per heavy atom. The second-order valence-electron chi connectivity index (χ2n) is 4.22. The van der Waals surface area contributed by atoms with E-state index in [4.69, 9.17) is 14.7 Å². The molecular formula is C16H14FNO2. The van der Waals surface area contributed by atoms with Crippen LogP contribution in [0.15, 0.2) is 36.4 Å². The van der Waals surface area contributed by atoms with E-state index >= 15 is 0 Å². The predicted molar refractivity (Wildman–Crippen MR) is 74.3 cm³/mol. The largest absolute Gasteiger partial charge is 0.493 e. The molecule has 0 fully saturated rings. The lowest BCUT2D eigenvalue weighted by Gasteiger charge is -2.10. The summed E-state index contributed by atoms with van der Waals surface area (Å²) in [6.45, 7) is 0. The zero-order valence-corrected chi connectivity index (χ0v) is 11.3. The van der Waals surface area contributed by atoms with Gasteiger partial charge in [0.1, 0.15) is 5.82 Å². The summed E-state index contributed by atoms with van der Waals surface area (Å²) in [7, 11) is 3.09. The van der Waals surface area contributed by atoms with E-state index in [2.05, 4.69) is 0 Å². The third-order valence-electron chi connectivity index (χ3n) is 3.01. The molecule has 4 heteroatoms. The average Bonchev–Trinajstić information content (AvgIpc) is 2.47. The SMILES string of the molecule is COc1ccc(-c2ccc(CC#N)cc2F)cc1OC. The van der Waals surface area contributed by atoms with Crippen molar-refractivity contribution in [2.75, 3.05) is 14.2 Å². The highest BCUT2D eigenvalue weighted by atomic mass is 19.1. The highest BCUT2D eigenvalue weighted by Gasteiger charge is 2.10. The number of halogens is 1. The second kappa shape index (κ2) is 6.07. The molecule has 0 spiro atoms. The molecule has 0 N–H and O–H groups in total. The monoisotopic (exact) mass is 271 g/mol. The minimum Gasteiger partial charge on any atom is -0.493 e. The summed E-state index contributed by atoms with van der Waals surface area (Å²) in [6, 6.07) is 12.0. The van der Waals surface area contributed by atoms with Crippen molar-refractivity contribution < 1.29 is 13.9 Å². The molecule has 0 aliphatic carbocycles. The lowest BCUT2D eigenvalue weighted by Crippen LogP contribution is -1.93. The Bertz CT molecular complexity index is 662. The Hall–Kier alpha value is -2.54. The second-order valence-corrected chi connectivity index (χ2v) is 4.22. The van der Waals surface area contributed by atoms with Crippen molar-refractivity contribution in [1.29, 1.82) is 5.26 Å². The fourth-order valence-corrected chi connectivity index (χ4v) is 2.00. The van der Waals surface area contributed by atoms with Crippen molar-refractivity contribution in [3.05, 3.63) is 47.8 Å².